The van der Waals surface area contributed by atoms with E-state index in [1.807, 2.05) is 30.4 Å². The maximum absolute atomic E-state index is 14.1. The molecule has 5 rings (SSSR count). The first kappa shape index (κ1) is 31.2. The maximum atomic E-state index is 14.1. The van der Waals surface area contributed by atoms with E-state index in [1.165, 1.54) is 16.2 Å². The number of carbonyl (C=O) groups excluding carboxylic acids is 3. The van der Waals surface area contributed by atoms with Crippen LogP contribution in [0.15, 0.2) is 34.8 Å². The van der Waals surface area contributed by atoms with Gasteiger partial charge in [-0.15, -0.1) is 0 Å². The first-order chi connectivity index (χ1) is 20.3. The number of hydrogen-bond donors (Lipinski definition) is 3. The van der Waals surface area contributed by atoms with E-state index in [0.717, 1.165) is 34.0 Å². The van der Waals surface area contributed by atoms with Gasteiger partial charge in [0.15, 0.2) is 0 Å². The topological polar surface area (TPSA) is 147 Å². The second-order valence-corrected chi connectivity index (χ2v) is 14.3. The number of hydrogen-bond acceptors (Lipinski definition) is 8. The van der Waals surface area contributed by atoms with Crippen molar-refractivity contribution in [2.24, 2.45) is 5.92 Å². The summed E-state index contributed by atoms with van der Waals surface area (Å²) in [5, 5.41) is 15.9. The Morgan fingerprint density at radius 1 is 1.23 bits per heavy atom. The second kappa shape index (κ2) is 12.4. The van der Waals surface area contributed by atoms with Gasteiger partial charge in [-0.3, -0.25) is 9.59 Å². The highest BCUT2D eigenvalue weighted by atomic mass is 79.9. The number of nitrogens with zero attached hydrogens (tertiary/aromatic N) is 2. The summed E-state index contributed by atoms with van der Waals surface area (Å²) in [5.41, 5.74) is -1.40. The zero-order valence-electron chi connectivity index (χ0n) is 24.4. The minimum absolute atomic E-state index is 0.0758. The van der Waals surface area contributed by atoms with Gasteiger partial charge in [-0.1, -0.05) is 52.3 Å². The second-order valence-electron chi connectivity index (χ2n) is 12.4. The van der Waals surface area contributed by atoms with Crippen LogP contribution in [0.5, 0.6) is 5.19 Å². The Bertz CT molecular complexity index is 1440. The molecule has 1 saturated heterocycles. The highest BCUT2D eigenvalue weighted by molar-refractivity contribution is 9.10. The zero-order valence-corrected chi connectivity index (χ0v) is 26.8. The van der Waals surface area contributed by atoms with Crippen molar-refractivity contribution in [2.75, 3.05) is 6.54 Å². The van der Waals surface area contributed by atoms with Gasteiger partial charge in [-0.25, -0.2) is 14.6 Å². The fraction of sp³-hybridized carbons (Fsp3) is 0.567. The molecule has 2 fully saturated rings. The average Bonchev–Trinajstić information content (AvgIpc) is 3.23. The van der Waals surface area contributed by atoms with Crippen LogP contribution in [0.1, 0.15) is 65.7 Å². The molecule has 3 aliphatic rings. The van der Waals surface area contributed by atoms with Gasteiger partial charge < -0.3 is 30.1 Å². The Hall–Kier alpha value is -3.19. The molecule has 43 heavy (non-hydrogen) atoms. The molecule has 11 nitrogen and oxygen atoms in total. The van der Waals surface area contributed by atoms with Crippen LogP contribution >= 0.6 is 27.3 Å². The Morgan fingerprint density at radius 2 is 2.02 bits per heavy atom. The van der Waals surface area contributed by atoms with E-state index in [4.69, 9.17) is 9.47 Å². The first-order valence-electron chi connectivity index (χ1n) is 14.6. The number of thiazole rings is 1. The molecular formula is C30H37BrN4O7S. The van der Waals surface area contributed by atoms with Crippen LogP contribution in [0.4, 0.5) is 4.79 Å². The summed E-state index contributed by atoms with van der Waals surface area (Å²) in [6, 6.07) is 3.78. The smallest absolute Gasteiger partial charge is 0.408 e. The number of halogens is 1. The van der Waals surface area contributed by atoms with Crippen molar-refractivity contribution in [2.45, 2.75) is 95.0 Å². The summed E-state index contributed by atoms with van der Waals surface area (Å²) in [7, 11) is 0. The van der Waals surface area contributed by atoms with Crippen LogP contribution in [0.2, 0.25) is 0 Å². The molecule has 2 aromatic rings. The predicted molar refractivity (Wildman–Crippen MR) is 164 cm³/mol. The number of aromatic nitrogens is 1. The number of fused-ring (bicyclic) bond motifs is 3. The number of benzene rings is 1. The van der Waals surface area contributed by atoms with Crippen molar-refractivity contribution in [3.63, 3.8) is 0 Å². The minimum atomic E-state index is -1.41. The standard InChI is InChI=1S/C30H37BrN4O7S/c1-29(2,3)42-27(40)32-21-10-8-6-4-5-7-9-17-15-30(17,26(38)39)34-24(36)22-14-19(16-35(22)25(21)37)41-28-33-20-12-11-18(31)13-23(20)43-28/h7,9,11-13,17,19,21-22H,4-6,8,10,14-16H2,1-3H3,(H,32,40)(H,34,36)(H,38,39)/t17-,19-,21+,22+,30-/m1/s1. The van der Waals surface area contributed by atoms with Crippen LogP contribution in [-0.4, -0.2) is 74.7 Å². The van der Waals surface area contributed by atoms with Crippen molar-refractivity contribution in [1.82, 2.24) is 20.5 Å². The van der Waals surface area contributed by atoms with Crippen molar-refractivity contribution in [3.05, 3.63) is 34.8 Å². The number of ether oxygens (including phenoxy) is 2. The Morgan fingerprint density at radius 3 is 2.77 bits per heavy atom. The van der Waals surface area contributed by atoms with Gasteiger partial charge in [0, 0.05) is 16.8 Å². The summed E-state index contributed by atoms with van der Waals surface area (Å²) >= 11 is 4.82. The van der Waals surface area contributed by atoms with Crippen LogP contribution in [0.3, 0.4) is 0 Å². The molecule has 1 aromatic carbocycles. The number of allylic oxidation sites excluding steroid dienone is 1. The molecule has 1 aromatic heterocycles. The number of nitrogens with one attached hydrogen (secondary N) is 2. The molecule has 3 heterocycles. The van der Waals surface area contributed by atoms with Gasteiger partial charge in [-0.05, 0) is 64.7 Å². The summed E-state index contributed by atoms with van der Waals surface area (Å²) in [4.78, 5) is 58.8. The number of aliphatic carboxylic acids is 1. The molecule has 1 saturated carbocycles. The SMILES string of the molecule is CC(C)(C)OC(=O)N[C@H]1CCCCCC=C[C@@H]2C[C@@]2(C(=O)O)NC(=O)[C@@H]2C[C@@H](Oc3nc4ccc(Br)cc4s3)CN2C1=O. The van der Waals surface area contributed by atoms with Gasteiger partial charge in [0.1, 0.15) is 29.3 Å². The number of carbonyl (C=O) groups is 4. The fourth-order valence-corrected chi connectivity index (χ4v) is 7.10. The zero-order chi connectivity index (χ0) is 30.9. The third-order valence-electron chi connectivity index (χ3n) is 7.91. The number of rotatable bonds is 4. The van der Waals surface area contributed by atoms with Crippen LogP contribution in [0.25, 0.3) is 10.2 Å². The monoisotopic (exact) mass is 676 g/mol. The summed E-state index contributed by atoms with van der Waals surface area (Å²) < 4.78 is 13.5. The first-order valence-corrected chi connectivity index (χ1v) is 16.2. The van der Waals surface area contributed by atoms with E-state index in [0.29, 0.717) is 18.0 Å². The molecule has 0 bridgehead atoms. The van der Waals surface area contributed by atoms with E-state index in [2.05, 4.69) is 31.5 Å². The summed E-state index contributed by atoms with van der Waals surface area (Å²) in [6.45, 7) is 5.30. The van der Waals surface area contributed by atoms with Crippen LogP contribution in [0, 0.1) is 5.92 Å². The van der Waals surface area contributed by atoms with E-state index >= 15 is 0 Å². The third kappa shape index (κ3) is 7.31. The van der Waals surface area contributed by atoms with E-state index in [-0.39, 0.29) is 25.3 Å². The van der Waals surface area contributed by atoms with Crippen molar-refractivity contribution < 1.29 is 33.8 Å². The Balaban J connectivity index is 1.42. The highest BCUT2D eigenvalue weighted by Gasteiger charge is 2.61. The molecular weight excluding hydrogens is 640 g/mol. The fourth-order valence-electron chi connectivity index (χ4n) is 5.67. The lowest BCUT2D eigenvalue weighted by Crippen LogP contribution is -2.56. The molecule has 0 spiro atoms. The Labute approximate surface area is 262 Å². The summed E-state index contributed by atoms with van der Waals surface area (Å²) in [5.74, 6) is -2.42. The molecule has 3 N–H and O–H groups in total. The normalized spacial score (nSPS) is 28.2. The lowest BCUT2D eigenvalue weighted by molar-refractivity contribution is -0.145. The van der Waals surface area contributed by atoms with E-state index in [1.54, 1.807) is 20.8 Å². The van der Waals surface area contributed by atoms with Crippen molar-refractivity contribution >= 4 is 61.4 Å². The molecule has 2 aliphatic heterocycles. The largest absolute Gasteiger partial charge is 0.479 e. The number of carboxylic acid groups (broad SMARTS) is 1. The molecule has 232 valence electrons. The highest BCUT2D eigenvalue weighted by Crippen LogP contribution is 2.45. The van der Waals surface area contributed by atoms with Gasteiger partial charge in [0.25, 0.3) is 5.19 Å². The molecule has 13 heteroatoms. The third-order valence-corrected chi connectivity index (χ3v) is 9.31. The minimum Gasteiger partial charge on any atom is -0.479 e. The van der Waals surface area contributed by atoms with E-state index in [9.17, 15) is 24.3 Å². The number of carboxylic acids is 1. The molecule has 5 atom stereocenters. The predicted octanol–water partition coefficient (Wildman–Crippen LogP) is 4.78. The molecule has 3 amide bonds. The lowest BCUT2D eigenvalue weighted by atomic mass is 10.0. The van der Waals surface area contributed by atoms with Gasteiger partial charge in [0.2, 0.25) is 11.8 Å². The Kier molecular flexibility index (Phi) is 9.03. The van der Waals surface area contributed by atoms with Crippen LogP contribution < -0.4 is 15.4 Å². The van der Waals surface area contributed by atoms with Crippen molar-refractivity contribution in [3.8, 4) is 5.19 Å². The van der Waals surface area contributed by atoms with Crippen LogP contribution in [-0.2, 0) is 19.1 Å². The average molecular weight is 678 g/mol. The van der Waals surface area contributed by atoms with Gasteiger partial charge >= 0.3 is 12.1 Å². The number of alkyl carbamates (subject to hydrolysis) is 1. The van der Waals surface area contributed by atoms with E-state index < -0.39 is 53.2 Å². The quantitative estimate of drug-likeness (QED) is 0.392. The summed E-state index contributed by atoms with van der Waals surface area (Å²) in [6.07, 6.45) is 6.45. The number of amides is 3. The van der Waals surface area contributed by atoms with Gasteiger partial charge in [-0.2, -0.15) is 0 Å². The molecule has 0 unspecified atom stereocenters. The van der Waals surface area contributed by atoms with Gasteiger partial charge in [0.05, 0.1) is 16.8 Å². The lowest BCUT2D eigenvalue weighted by Gasteiger charge is -2.30. The molecule has 1 aliphatic carbocycles. The maximum Gasteiger partial charge on any atom is 0.408 e. The van der Waals surface area contributed by atoms with Crippen molar-refractivity contribution in [1.29, 1.82) is 0 Å². The molecule has 0 radical (unpaired) electrons.